The molecule has 0 saturated carbocycles. The van der Waals surface area contributed by atoms with Crippen LogP contribution in [0, 0.1) is 0 Å². The average Bonchev–Trinajstić information content (AvgIpc) is 3.23. The molecule has 132 valence electrons. The van der Waals surface area contributed by atoms with Crippen LogP contribution in [-0.4, -0.2) is 20.9 Å². The number of halogens is 2. The first-order valence-corrected chi connectivity index (χ1v) is 9.00. The van der Waals surface area contributed by atoms with E-state index in [1.807, 2.05) is 42.5 Å². The van der Waals surface area contributed by atoms with Gasteiger partial charge in [-0.2, -0.15) is 4.98 Å². The summed E-state index contributed by atoms with van der Waals surface area (Å²) in [6.07, 6.45) is 1.10. The maximum Gasteiger partial charge on any atom is 0.249 e. The zero-order valence-electron chi connectivity index (χ0n) is 13.7. The molecule has 2 aromatic carbocycles. The SMILES string of the molecule is O=C1CCC(c2nc(-c3ccccc3Cl)no2)N1Cc1cccc(Cl)c1. The molecule has 26 heavy (non-hydrogen) atoms. The summed E-state index contributed by atoms with van der Waals surface area (Å²) in [7, 11) is 0. The first-order chi connectivity index (χ1) is 12.6. The van der Waals surface area contributed by atoms with Gasteiger partial charge in [0.15, 0.2) is 0 Å². The van der Waals surface area contributed by atoms with Gasteiger partial charge in [0.05, 0.1) is 5.02 Å². The second kappa shape index (κ2) is 7.09. The maximum atomic E-state index is 12.4. The normalized spacial score (nSPS) is 17.1. The van der Waals surface area contributed by atoms with E-state index < -0.39 is 0 Å². The van der Waals surface area contributed by atoms with Gasteiger partial charge in [0.2, 0.25) is 17.6 Å². The summed E-state index contributed by atoms with van der Waals surface area (Å²) in [5, 5.41) is 5.24. The second-order valence-electron chi connectivity index (χ2n) is 6.14. The summed E-state index contributed by atoms with van der Waals surface area (Å²) in [5.74, 6) is 0.910. The maximum absolute atomic E-state index is 12.4. The number of benzene rings is 2. The van der Waals surface area contributed by atoms with Crippen LogP contribution in [0.15, 0.2) is 53.1 Å². The molecule has 1 saturated heterocycles. The van der Waals surface area contributed by atoms with Crippen molar-refractivity contribution in [1.82, 2.24) is 15.0 Å². The number of amides is 1. The van der Waals surface area contributed by atoms with E-state index in [0.29, 0.717) is 46.7 Å². The standard InChI is InChI=1S/C19H15Cl2N3O2/c20-13-5-3-4-12(10-13)11-24-16(8-9-17(24)25)19-22-18(23-26-19)14-6-1-2-7-15(14)21/h1-7,10,16H,8-9,11H2. The van der Waals surface area contributed by atoms with E-state index in [1.165, 1.54) is 0 Å². The highest BCUT2D eigenvalue weighted by molar-refractivity contribution is 6.33. The molecule has 1 aliphatic rings. The number of rotatable bonds is 4. The Kier molecular flexibility index (Phi) is 4.66. The van der Waals surface area contributed by atoms with Crippen molar-refractivity contribution < 1.29 is 9.32 Å². The first kappa shape index (κ1) is 17.1. The van der Waals surface area contributed by atoms with Crippen LogP contribution >= 0.6 is 23.2 Å². The molecule has 0 bridgehead atoms. The molecule has 0 radical (unpaired) electrons. The van der Waals surface area contributed by atoms with Gasteiger partial charge in [-0.05, 0) is 36.2 Å². The second-order valence-corrected chi connectivity index (χ2v) is 6.99. The number of nitrogens with zero attached hydrogens (tertiary/aromatic N) is 3. The fourth-order valence-corrected chi connectivity index (χ4v) is 3.58. The van der Waals surface area contributed by atoms with E-state index in [9.17, 15) is 4.79 Å². The van der Waals surface area contributed by atoms with Crippen LogP contribution in [0.2, 0.25) is 10.0 Å². The zero-order valence-corrected chi connectivity index (χ0v) is 15.2. The Morgan fingerprint density at radius 2 is 2.00 bits per heavy atom. The third kappa shape index (κ3) is 3.32. The van der Waals surface area contributed by atoms with Crippen molar-refractivity contribution in [3.8, 4) is 11.4 Å². The smallest absolute Gasteiger partial charge is 0.249 e. The number of aromatic nitrogens is 2. The van der Waals surface area contributed by atoms with E-state index in [1.54, 1.807) is 11.0 Å². The van der Waals surface area contributed by atoms with Crippen molar-refractivity contribution >= 4 is 29.1 Å². The minimum atomic E-state index is -0.245. The molecule has 1 aliphatic heterocycles. The Hall–Kier alpha value is -2.37. The lowest BCUT2D eigenvalue weighted by Gasteiger charge is -2.22. The van der Waals surface area contributed by atoms with Crippen molar-refractivity contribution in [1.29, 1.82) is 0 Å². The third-order valence-corrected chi connectivity index (χ3v) is 4.98. The van der Waals surface area contributed by atoms with Crippen molar-refractivity contribution in [2.75, 3.05) is 0 Å². The van der Waals surface area contributed by atoms with Gasteiger partial charge in [-0.25, -0.2) is 0 Å². The molecule has 3 aromatic rings. The van der Waals surface area contributed by atoms with E-state index in [2.05, 4.69) is 10.1 Å². The molecule has 2 heterocycles. The zero-order chi connectivity index (χ0) is 18.1. The van der Waals surface area contributed by atoms with Crippen molar-refractivity contribution in [3.63, 3.8) is 0 Å². The van der Waals surface area contributed by atoms with E-state index in [-0.39, 0.29) is 11.9 Å². The van der Waals surface area contributed by atoms with Gasteiger partial charge in [-0.3, -0.25) is 4.79 Å². The minimum absolute atomic E-state index is 0.0625. The van der Waals surface area contributed by atoms with Gasteiger partial charge >= 0.3 is 0 Å². The highest BCUT2D eigenvalue weighted by atomic mass is 35.5. The van der Waals surface area contributed by atoms with Crippen molar-refractivity contribution in [2.24, 2.45) is 0 Å². The molecule has 1 aromatic heterocycles. The molecule has 0 spiro atoms. The molecule has 5 nitrogen and oxygen atoms in total. The summed E-state index contributed by atoms with van der Waals surface area (Å²) in [6.45, 7) is 0.452. The molecule has 0 N–H and O–H groups in total. The van der Waals surface area contributed by atoms with Crippen LogP contribution in [0.25, 0.3) is 11.4 Å². The van der Waals surface area contributed by atoms with E-state index in [0.717, 1.165) is 5.56 Å². The fourth-order valence-electron chi connectivity index (χ4n) is 3.14. The number of likely N-dealkylation sites (tertiary alicyclic amines) is 1. The lowest BCUT2D eigenvalue weighted by molar-refractivity contribution is -0.129. The number of carbonyl (C=O) groups is 1. The van der Waals surface area contributed by atoms with Gasteiger partial charge in [0, 0.05) is 23.6 Å². The highest BCUT2D eigenvalue weighted by Crippen LogP contribution is 2.35. The molecule has 1 amide bonds. The molecule has 4 rings (SSSR count). The van der Waals surface area contributed by atoms with E-state index in [4.69, 9.17) is 27.7 Å². The Bertz CT molecular complexity index is 957. The molecular weight excluding hydrogens is 373 g/mol. The molecule has 1 fully saturated rings. The predicted molar refractivity (Wildman–Crippen MR) is 98.7 cm³/mol. The monoisotopic (exact) mass is 387 g/mol. The van der Waals surface area contributed by atoms with Gasteiger partial charge < -0.3 is 9.42 Å². The van der Waals surface area contributed by atoms with Crippen LogP contribution in [0.5, 0.6) is 0 Å². The van der Waals surface area contributed by atoms with Crippen LogP contribution in [0.3, 0.4) is 0 Å². The highest BCUT2D eigenvalue weighted by Gasteiger charge is 2.36. The van der Waals surface area contributed by atoms with Gasteiger partial charge in [0.1, 0.15) is 6.04 Å². The number of carbonyl (C=O) groups excluding carboxylic acids is 1. The topological polar surface area (TPSA) is 59.2 Å². The Morgan fingerprint density at radius 3 is 2.81 bits per heavy atom. The van der Waals surface area contributed by atoms with Crippen molar-refractivity contribution in [2.45, 2.75) is 25.4 Å². The van der Waals surface area contributed by atoms with Crippen LogP contribution in [0.4, 0.5) is 0 Å². The molecular formula is C19H15Cl2N3O2. The Morgan fingerprint density at radius 1 is 1.15 bits per heavy atom. The Labute approximate surface area is 160 Å². The van der Waals surface area contributed by atoms with Crippen LogP contribution in [-0.2, 0) is 11.3 Å². The van der Waals surface area contributed by atoms with Gasteiger partial charge in [-0.1, -0.05) is 52.6 Å². The van der Waals surface area contributed by atoms with Crippen molar-refractivity contribution in [3.05, 3.63) is 70.0 Å². The molecule has 1 atom stereocenters. The van der Waals surface area contributed by atoms with E-state index >= 15 is 0 Å². The molecule has 1 unspecified atom stereocenters. The van der Waals surface area contributed by atoms with Crippen LogP contribution in [0.1, 0.15) is 30.3 Å². The summed E-state index contributed by atoms with van der Waals surface area (Å²) >= 11 is 12.3. The van der Waals surface area contributed by atoms with Crippen LogP contribution < -0.4 is 0 Å². The Balaban J connectivity index is 1.60. The summed E-state index contributed by atoms with van der Waals surface area (Å²) in [4.78, 5) is 18.6. The quantitative estimate of drug-likeness (QED) is 0.638. The lowest BCUT2D eigenvalue weighted by atomic mass is 10.1. The summed E-state index contributed by atoms with van der Waals surface area (Å²) in [6, 6.07) is 14.5. The summed E-state index contributed by atoms with van der Waals surface area (Å²) in [5.41, 5.74) is 1.67. The van der Waals surface area contributed by atoms with Gasteiger partial charge in [-0.15, -0.1) is 0 Å². The first-order valence-electron chi connectivity index (χ1n) is 8.24. The lowest BCUT2D eigenvalue weighted by Crippen LogP contribution is -2.27. The minimum Gasteiger partial charge on any atom is -0.337 e. The number of hydrogen-bond acceptors (Lipinski definition) is 4. The molecule has 7 heteroatoms. The number of hydrogen-bond donors (Lipinski definition) is 0. The van der Waals surface area contributed by atoms with Gasteiger partial charge in [0.25, 0.3) is 0 Å². The fraction of sp³-hybridized carbons (Fsp3) is 0.211. The average molecular weight is 388 g/mol. The predicted octanol–water partition coefficient (Wildman–Crippen LogP) is 4.91. The summed E-state index contributed by atoms with van der Waals surface area (Å²) < 4.78 is 5.46. The largest absolute Gasteiger partial charge is 0.337 e. The third-order valence-electron chi connectivity index (χ3n) is 4.41. The molecule has 0 aliphatic carbocycles.